The Bertz CT molecular complexity index is 251. The van der Waals surface area contributed by atoms with Gasteiger partial charge < -0.3 is 0 Å². The molecule has 1 aliphatic carbocycles. The highest BCUT2D eigenvalue weighted by atomic mass is 19.1. The first kappa shape index (κ1) is 6.84. The fourth-order valence-electron chi connectivity index (χ4n) is 1.13. The first-order valence-electron chi connectivity index (χ1n) is 3.95. The molecule has 1 heteroatoms. The molecule has 1 aliphatic rings. The zero-order valence-electron chi connectivity index (χ0n) is 6.26. The molecule has 1 aromatic rings. The molecule has 0 aliphatic heterocycles. The van der Waals surface area contributed by atoms with E-state index in [1.807, 2.05) is 18.6 Å². The van der Waals surface area contributed by atoms with Gasteiger partial charge in [0.1, 0.15) is 5.82 Å². The molecule has 0 aromatic heterocycles. The molecular weight excluding hydrogens is 139 g/mol. The Morgan fingerprint density at radius 3 is 2.64 bits per heavy atom. The van der Waals surface area contributed by atoms with Crippen LogP contribution in [0.15, 0.2) is 24.3 Å². The lowest BCUT2D eigenvalue weighted by Crippen LogP contribution is -1.87. The molecule has 1 radical (unpaired) electrons. The van der Waals surface area contributed by atoms with Crippen LogP contribution in [-0.4, -0.2) is 0 Å². The van der Waals surface area contributed by atoms with Gasteiger partial charge in [-0.15, -0.1) is 0 Å². The minimum absolute atomic E-state index is 0.0978. The summed E-state index contributed by atoms with van der Waals surface area (Å²) >= 11 is 0. The third-order valence-corrected chi connectivity index (χ3v) is 1.94. The lowest BCUT2D eigenvalue weighted by Gasteiger charge is -1.98. The molecule has 1 saturated carbocycles. The van der Waals surface area contributed by atoms with Crippen LogP contribution in [0.5, 0.6) is 0 Å². The molecule has 0 heterocycles. The monoisotopic (exact) mass is 149 g/mol. The topological polar surface area (TPSA) is 0 Å². The van der Waals surface area contributed by atoms with E-state index in [0.717, 1.165) is 5.56 Å². The van der Waals surface area contributed by atoms with Crippen molar-refractivity contribution in [2.45, 2.75) is 12.8 Å². The van der Waals surface area contributed by atoms with Crippen LogP contribution in [0.4, 0.5) is 4.39 Å². The van der Waals surface area contributed by atoms with E-state index < -0.39 is 0 Å². The summed E-state index contributed by atoms with van der Waals surface area (Å²) in [6.45, 7) is 0. The zero-order valence-corrected chi connectivity index (χ0v) is 6.26. The van der Waals surface area contributed by atoms with Crippen LogP contribution in [0.2, 0.25) is 0 Å². The second-order valence-corrected chi connectivity index (χ2v) is 3.03. The number of hydrogen-bond donors (Lipinski definition) is 0. The second kappa shape index (κ2) is 2.65. The van der Waals surface area contributed by atoms with Gasteiger partial charge in [0.15, 0.2) is 0 Å². The van der Waals surface area contributed by atoms with Crippen LogP contribution in [-0.2, 0) is 0 Å². The lowest BCUT2D eigenvalue weighted by atomic mass is 10.1. The maximum atomic E-state index is 12.9. The van der Waals surface area contributed by atoms with Gasteiger partial charge in [-0.05, 0) is 36.8 Å². The Morgan fingerprint density at radius 2 is 2.00 bits per heavy atom. The molecule has 0 nitrogen and oxygen atoms in total. The van der Waals surface area contributed by atoms with Gasteiger partial charge in [-0.25, -0.2) is 4.39 Å². The Labute approximate surface area is 66.1 Å². The molecule has 1 aromatic carbocycles. The second-order valence-electron chi connectivity index (χ2n) is 3.03. The van der Waals surface area contributed by atoms with Crippen LogP contribution in [0.25, 0.3) is 0 Å². The summed E-state index contributed by atoms with van der Waals surface area (Å²) in [5, 5.41) is 0. The highest BCUT2D eigenvalue weighted by molar-refractivity contribution is 5.26. The molecule has 0 saturated heterocycles. The van der Waals surface area contributed by atoms with E-state index in [4.69, 9.17) is 0 Å². The Kier molecular flexibility index (Phi) is 1.65. The maximum absolute atomic E-state index is 12.9. The molecule has 0 bridgehead atoms. The van der Waals surface area contributed by atoms with E-state index in [0.29, 0.717) is 5.92 Å². The van der Waals surface area contributed by atoms with E-state index in [9.17, 15) is 4.39 Å². The van der Waals surface area contributed by atoms with Crippen molar-refractivity contribution < 1.29 is 4.39 Å². The van der Waals surface area contributed by atoms with Gasteiger partial charge in [-0.3, -0.25) is 0 Å². The van der Waals surface area contributed by atoms with E-state index in [-0.39, 0.29) is 5.82 Å². The van der Waals surface area contributed by atoms with Gasteiger partial charge in [0.25, 0.3) is 0 Å². The molecule has 57 valence electrons. The van der Waals surface area contributed by atoms with E-state index >= 15 is 0 Å². The molecule has 0 amide bonds. The molecule has 2 rings (SSSR count). The third kappa shape index (κ3) is 1.59. The van der Waals surface area contributed by atoms with Gasteiger partial charge in [-0.2, -0.15) is 0 Å². The molecule has 1 fully saturated rings. The van der Waals surface area contributed by atoms with Crippen molar-refractivity contribution in [3.05, 3.63) is 42.1 Å². The van der Waals surface area contributed by atoms with Crippen molar-refractivity contribution in [2.75, 3.05) is 0 Å². The van der Waals surface area contributed by atoms with Crippen molar-refractivity contribution in [2.24, 2.45) is 5.92 Å². The molecule has 0 atom stereocenters. The highest BCUT2D eigenvalue weighted by Gasteiger charge is 2.22. The predicted octanol–water partition coefficient (Wildman–Crippen LogP) is 2.79. The van der Waals surface area contributed by atoms with Crippen LogP contribution in [0.1, 0.15) is 18.4 Å². The van der Waals surface area contributed by atoms with Crippen LogP contribution in [0.3, 0.4) is 0 Å². The molecule has 11 heavy (non-hydrogen) atoms. The largest absolute Gasteiger partial charge is 0.207 e. The summed E-state index contributed by atoms with van der Waals surface area (Å²) in [5.74, 6) is 0.548. The van der Waals surface area contributed by atoms with Crippen LogP contribution < -0.4 is 0 Å². The highest BCUT2D eigenvalue weighted by Crippen LogP contribution is 2.34. The van der Waals surface area contributed by atoms with E-state index in [1.54, 1.807) is 6.07 Å². The van der Waals surface area contributed by atoms with Crippen molar-refractivity contribution in [3.8, 4) is 0 Å². The quantitative estimate of drug-likeness (QED) is 0.606. The molecule has 0 N–H and O–H groups in total. The van der Waals surface area contributed by atoms with Crippen LogP contribution >= 0.6 is 0 Å². The van der Waals surface area contributed by atoms with Gasteiger partial charge in [0, 0.05) is 0 Å². The summed E-state index contributed by atoms with van der Waals surface area (Å²) in [6, 6.07) is 6.93. The molecule has 0 unspecified atom stereocenters. The van der Waals surface area contributed by atoms with Crippen molar-refractivity contribution >= 4 is 0 Å². The number of halogens is 1. The Hall–Kier alpha value is -0.850. The average molecular weight is 149 g/mol. The summed E-state index contributed by atoms with van der Waals surface area (Å²) < 4.78 is 12.9. The number of benzene rings is 1. The lowest BCUT2D eigenvalue weighted by molar-refractivity contribution is 0.617. The summed E-state index contributed by atoms with van der Waals surface area (Å²) in [6.07, 6.45) is 4.48. The van der Waals surface area contributed by atoms with Gasteiger partial charge in [-0.1, -0.05) is 18.2 Å². The summed E-state index contributed by atoms with van der Waals surface area (Å²) in [5.41, 5.74) is 0.759. The van der Waals surface area contributed by atoms with Gasteiger partial charge in [0.05, 0.1) is 0 Å². The normalized spacial score (nSPS) is 16.8. The van der Waals surface area contributed by atoms with E-state index in [1.165, 1.54) is 18.9 Å². The third-order valence-electron chi connectivity index (χ3n) is 1.94. The van der Waals surface area contributed by atoms with E-state index in [2.05, 4.69) is 0 Å². The fourth-order valence-corrected chi connectivity index (χ4v) is 1.13. The zero-order chi connectivity index (χ0) is 7.68. The first-order chi connectivity index (χ1) is 5.36. The SMILES string of the molecule is Fc1ccccc1[CH]C1CC1. The van der Waals surface area contributed by atoms with Crippen LogP contribution in [0, 0.1) is 18.2 Å². The molecular formula is C10H10F. The average Bonchev–Trinajstić information content (AvgIpc) is 2.78. The van der Waals surface area contributed by atoms with Crippen molar-refractivity contribution in [1.82, 2.24) is 0 Å². The summed E-state index contributed by atoms with van der Waals surface area (Å²) in [7, 11) is 0. The van der Waals surface area contributed by atoms with Crippen molar-refractivity contribution in [1.29, 1.82) is 0 Å². The Balaban J connectivity index is 2.15. The van der Waals surface area contributed by atoms with Gasteiger partial charge >= 0.3 is 0 Å². The fraction of sp³-hybridized carbons (Fsp3) is 0.300. The smallest absolute Gasteiger partial charge is 0.126 e. The number of hydrogen-bond acceptors (Lipinski definition) is 0. The Morgan fingerprint density at radius 1 is 1.27 bits per heavy atom. The summed E-state index contributed by atoms with van der Waals surface area (Å²) in [4.78, 5) is 0. The molecule has 0 spiro atoms. The first-order valence-corrected chi connectivity index (χ1v) is 3.95. The minimum atomic E-state index is -0.0978. The minimum Gasteiger partial charge on any atom is -0.207 e. The van der Waals surface area contributed by atoms with Gasteiger partial charge in [0.2, 0.25) is 0 Å². The predicted molar refractivity (Wildman–Crippen MR) is 42.5 cm³/mol. The number of rotatable bonds is 2. The standard InChI is InChI=1S/C10H10F/c11-10-4-2-1-3-9(10)7-8-5-6-8/h1-4,7-8H,5-6H2. The maximum Gasteiger partial charge on any atom is 0.126 e. The van der Waals surface area contributed by atoms with Crippen molar-refractivity contribution in [3.63, 3.8) is 0 Å².